The Morgan fingerprint density at radius 3 is 2.55 bits per heavy atom. The summed E-state index contributed by atoms with van der Waals surface area (Å²) < 4.78 is 4.93. The summed E-state index contributed by atoms with van der Waals surface area (Å²) in [4.78, 5) is 12.8. The molecule has 0 atom stereocenters. The highest BCUT2D eigenvalue weighted by atomic mass is 16.5. The van der Waals surface area contributed by atoms with Crippen LogP contribution in [-0.2, 0) is 6.54 Å². The Kier molecular flexibility index (Phi) is 2.14. The number of nitrogens with one attached hydrogen (secondary N) is 1. The first-order chi connectivity index (χ1) is 5.11. The highest BCUT2D eigenvalue weighted by molar-refractivity contribution is 5.10. The number of hydrogen-bond acceptors (Lipinski definition) is 3. The van der Waals surface area contributed by atoms with Crippen molar-refractivity contribution < 1.29 is 4.52 Å². The van der Waals surface area contributed by atoms with Crippen molar-refractivity contribution in [2.45, 2.75) is 13.5 Å². The Bertz CT molecular complexity index is 285. The summed E-state index contributed by atoms with van der Waals surface area (Å²) in [5.74, 6) is 0.708. The monoisotopic (exact) mass is 156 g/mol. The molecular weight excluding hydrogens is 144 g/mol. The molecule has 0 saturated heterocycles. The molecule has 1 aromatic heterocycles. The molecule has 11 heavy (non-hydrogen) atoms. The van der Waals surface area contributed by atoms with Gasteiger partial charge in [0.1, 0.15) is 0 Å². The van der Waals surface area contributed by atoms with Crippen LogP contribution < -0.4 is 5.56 Å². The van der Waals surface area contributed by atoms with Crippen molar-refractivity contribution in [2.75, 3.05) is 14.1 Å². The molecule has 0 saturated carbocycles. The second-order valence-corrected chi connectivity index (χ2v) is 2.82. The van der Waals surface area contributed by atoms with Crippen molar-refractivity contribution in [2.24, 2.45) is 0 Å². The van der Waals surface area contributed by atoms with Gasteiger partial charge in [-0.3, -0.25) is 4.79 Å². The van der Waals surface area contributed by atoms with E-state index in [1.54, 1.807) is 6.92 Å². The fourth-order valence-electron chi connectivity index (χ4n) is 0.826. The lowest BCUT2D eigenvalue weighted by molar-refractivity contribution is 0.307. The molecule has 4 nitrogen and oxygen atoms in total. The molecule has 1 rings (SSSR count). The highest BCUT2D eigenvalue weighted by Crippen LogP contribution is 2.02. The van der Waals surface area contributed by atoms with Crippen LogP contribution >= 0.6 is 0 Å². The zero-order valence-corrected chi connectivity index (χ0v) is 6.97. The Balaban J connectivity index is 2.87. The topological polar surface area (TPSA) is 49.2 Å². The lowest BCUT2D eigenvalue weighted by Crippen LogP contribution is -2.12. The van der Waals surface area contributed by atoms with Crippen molar-refractivity contribution in [1.82, 2.24) is 10.1 Å². The molecule has 62 valence electrons. The number of nitrogens with zero attached hydrogens (tertiary/aromatic N) is 1. The Hall–Kier alpha value is -1.03. The summed E-state index contributed by atoms with van der Waals surface area (Å²) in [7, 11) is 3.85. The Morgan fingerprint density at radius 2 is 2.18 bits per heavy atom. The number of aromatic amines is 1. The molecule has 1 heterocycles. The second-order valence-electron chi connectivity index (χ2n) is 2.82. The quantitative estimate of drug-likeness (QED) is 0.671. The van der Waals surface area contributed by atoms with Gasteiger partial charge < -0.3 is 9.42 Å². The van der Waals surface area contributed by atoms with Crippen LogP contribution in [0.1, 0.15) is 11.3 Å². The van der Waals surface area contributed by atoms with E-state index in [0.29, 0.717) is 17.9 Å². The maximum absolute atomic E-state index is 10.9. The summed E-state index contributed by atoms with van der Waals surface area (Å²) in [5, 5.41) is 2.29. The van der Waals surface area contributed by atoms with Crippen LogP contribution in [0.4, 0.5) is 0 Å². The molecule has 0 fully saturated rings. The van der Waals surface area contributed by atoms with Gasteiger partial charge in [0.15, 0.2) is 5.76 Å². The summed E-state index contributed by atoms with van der Waals surface area (Å²) in [6.07, 6.45) is 0. The number of hydrogen-bond donors (Lipinski definition) is 1. The van der Waals surface area contributed by atoms with E-state index in [0.717, 1.165) is 0 Å². The summed E-state index contributed by atoms with van der Waals surface area (Å²) >= 11 is 0. The SMILES string of the molecule is Cc1c(CN(C)C)o[nH]c1=O. The molecule has 1 N–H and O–H groups in total. The summed E-state index contributed by atoms with van der Waals surface area (Å²) in [6, 6.07) is 0. The molecule has 0 aliphatic rings. The maximum atomic E-state index is 10.9. The molecule has 0 spiro atoms. The molecule has 4 heteroatoms. The lowest BCUT2D eigenvalue weighted by atomic mass is 10.3. The van der Waals surface area contributed by atoms with Crippen molar-refractivity contribution >= 4 is 0 Å². The fourth-order valence-corrected chi connectivity index (χ4v) is 0.826. The normalized spacial score (nSPS) is 10.9. The molecule has 0 unspecified atom stereocenters. The molecule has 0 aliphatic heterocycles. The third kappa shape index (κ3) is 1.71. The van der Waals surface area contributed by atoms with Crippen LogP contribution in [-0.4, -0.2) is 24.2 Å². The van der Waals surface area contributed by atoms with Gasteiger partial charge >= 0.3 is 0 Å². The minimum Gasteiger partial charge on any atom is -0.382 e. The largest absolute Gasteiger partial charge is 0.382 e. The minimum absolute atomic E-state index is 0.137. The zero-order valence-electron chi connectivity index (χ0n) is 6.97. The maximum Gasteiger partial charge on any atom is 0.283 e. The van der Waals surface area contributed by atoms with Crippen LogP contribution in [0.2, 0.25) is 0 Å². The first-order valence-corrected chi connectivity index (χ1v) is 3.43. The van der Waals surface area contributed by atoms with Gasteiger partial charge in [0.05, 0.1) is 12.1 Å². The molecule has 0 aromatic carbocycles. The Morgan fingerprint density at radius 1 is 1.55 bits per heavy atom. The number of aromatic nitrogens is 1. The van der Waals surface area contributed by atoms with Crippen LogP contribution in [0.5, 0.6) is 0 Å². The third-order valence-corrected chi connectivity index (χ3v) is 1.49. The van der Waals surface area contributed by atoms with Crippen LogP contribution in [0, 0.1) is 6.92 Å². The van der Waals surface area contributed by atoms with Gasteiger partial charge in [0, 0.05) is 0 Å². The van der Waals surface area contributed by atoms with Crippen molar-refractivity contribution in [1.29, 1.82) is 0 Å². The van der Waals surface area contributed by atoms with Crippen LogP contribution in [0.25, 0.3) is 0 Å². The van der Waals surface area contributed by atoms with Gasteiger partial charge in [-0.2, -0.15) is 5.16 Å². The average Bonchev–Trinajstić information content (AvgIpc) is 2.18. The fraction of sp³-hybridized carbons (Fsp3) is 0.571. The van der Waals surface area contributed by atoms with E-state index < -0.39 is 0 Å². The molecule has 1 aromatic rings. The van der Waals surface area contributed by atoms with E-state index in [2.05, 4.69) is 5.16 Å². The first-order valence-electron chi connectivity index (χ1n) is 3.43. The molecule has 0 bridgehead atoms. The Labute approximate surface area is 64.8 Å². The van der Waals surface area contributed by atoms with Gasteiger partial charge in [-0.15, -0.1) is 0 Å². The van der Waals surface area contributed by atoms with E-state index >= 15 is 0 Å². The number of rotatable bonds is 2. The molecule has 0 aliphatic carbocycles. The predicted octanol–water partition coefficient (Wildman–Crippen LogP) is 0.338. The van der Waals surface area contributed by atoms with Crippen molar-refractivity contribution in [3.05, 3.63) is 21.7 Å². The van der Waals surface area contributed by atoms with Gasteiger partial charge in [-0.1, -0.05) is 0 Å². The summed E-state index contributed by atoms with van der Waals surface area (Å²) in [6.45, 7) is 2.41. The van der Waals surface area contributed by atoms with Gasteiger partial charge in [0.2, 0.25) is 0 Å². The van der Waals surface area contributed by atoms with Crippen molar-refractivity contribution in [3.8, 4) is 0 Å². The van der Waals surface area contributed by atoms with E-state index in [1.165, 1.54) is 0 Å². The average molecular weight is 156 g/mol. The lowest BCUT2D eigenvalue weighted by Gasteiger charge is -2.05. The number of H-pyrrole nitrogens is 1. The second kappa shape index (κ2) is 2.92. The zero-order chi connectivity index (χ0) is 8.43. The van der Waals surface area contributed by atoms with Gasteiger partial charge in [-0.05, 0) is 21.0 Å². The van der Waals surface area contributed by atoms with E-state index in [9.17, 15) is 4.79 Å². The van der Waals surface area contributed by atoms with E-state index in [1.807, 2.05) is 19.0 Å². The van der Waals surface area contributed by atoms with Gasteiger partial charge in [-0.25, -0.2) is 0 Å². The smallest absolute Gasteiger partial charge is 0.283 e. The van der Waals surface area contributed by atoms with Crippen LogP contribution in [0.3, 0.4) is 0 Å². The predicted molar refractivity (Wildman–Crippen MR) is 41.5 cm³/mol. The van der Waals surface area contributed by atoms with Crippen molar-refractivity contribution in [3.63, 3.8) is 0 Å². The van der Waals surface area contributed by atoms with Crippen LogP contribution in [0.15, 0.2) is 9.32 Å². The molecule has 0 amide bonds. The standard InChI is InChI=1S/C7H12N2O2/c1-5-6(4-9(2)3)11-8-7(5)10/h4H2,1-3H3,(H,8,10). The summed E-state index contributed by atoms with van der Waals surface area (Å²) in [5.41, 5.74) is 0.528. The molecule has 0 radical (unpaired) electrons. The van der Waals surface area contributed by atoms with E-state index in [4.69, 9.17) is 4.52 Å². The third-order valence-electron chi connectivity index (χ3n) is 1.49. The molecular formula is C7H12N2O2. The van der Waals surface area contributed by atoms with E-state index in [-0.39, 0.29) is 5.56 Å². The first kappa shape index (κ1) is 8.07. The highest BCUT2D eigenvalue weighted by Gasteiger charge is 2.07. The minimum atomic E-state index is -0.137. The van der Waals surface area contributed by atoms with Gasteiger partial charge in [0.25, 0.3) is 5.56 Å².